The van der Waals surface area contributed by atoms with Crippen LogP contribution in [0.5, 0.6) is 0 Å². The molecule has 0 bridgehead atoms. The van der Waals surface area contributed by atoms with E-state index in [1.165, 1.54) is 20.9 Å². The molecule has 0 aliphatic carbocycles. The number of likely N-dealkylation sites (N-methyl/N-ethyl adjacent to an activating group) is 1. The number of rotatable bonds is 5. The van der Waals surface area contributed by atoms with E-state index in [1.807, 2.05) is 11.3 Å². The van der Waals surface area contributed by atoms with Gasteiger partial charge in [-0.2, -0.15) is 0 Å². The van der Waals surface area contributed by atoms with Crippen LogP contribution in [0.15, 0.2) is 36.4 Å². The summed E-state index contributed by atoms with van der Waals surface area (Å²) in [5.74, 6) is 0. The molecular formula is C16H21NS. The molecule has 0 saturated heterocycles. The number of nitrogens with one attached hydrogen (secondary N) is 1. The predicted molar refractivity (Wildman–Crippen MR) is 80.4 cm³/mol. The Hall–Kier alpha value is -1.12. The molecule has 0 aliphatic rings. The van der Waals surface area contributed by atoms with Gasteiger partial charge in [0.2, 0.25) is 0 Å². The molecule has 0 spiro atoms. The highest BCUT2D eigenvalue weighted by Crippen LogP contribution is 2.28. The van der Waals surface area contributed by atoms with Gasteiger partial charge in [0.05, 0.1) is 0 Å². The Morgan fingerprint density at radius 3 is 2.44 bits per heavy atom. The Morgan fingerprint density at radius 1 is 1.17 bits per heavy atom. The summed E-state index contributed by atoms with van der Waals surface area (Å²) in [6, 6.07) is 13.5. The Balaban J connectivity index is 2.21. The van der Waals surface area contributed by atoms with E-state index in [0.717, 1.165) is 13.0 Å². The summed E-state index contributed by atoms with van der Waals surface area (Å²) in [6.45, 7) is 7.59. The molecule has 2 rings (SSSR count). The second-order valence-electron chi connectivity index (χ2n) is 4.67. The largest absolute Gasteiger partial charge is 0.310 e. The van der Waals surface area contributed by atoms with E-state index in [0.29, 0.717) is 6.04 Å². The second kappa shape index (κ2) is 6.17. The van der Waals surface area contributed by atoms with E-state index in [1.54, 1.807) is 0 Å². The average molecular weight is 259 g/mol. The first kappa shape index (κ1) is 13.3. The smallest absolute Gasteiger partial charge is 0.0371 e. The topological polar surface area (TPSA) is 12.0 Å². The van der Waals surface area contributed by atoms with Crippen LogP contribution >= 0.6 is 11.3 Å². The summed E-state index contributed by atoms with van der Waals surface area (Å²) in [5.41, 5.74) is 2.86. The molecule has 0 aliphatic heterocycles. The van der Waals surface area contributed by atoms with Gasteiger partial charge < -0.3 is 5.32 Å². The van der Waals surface area contributed by atoms with Gasteiger partial charge in [-0.1, -0.05) is 37.3 Å². The molecule has 1 nitrogen and oxygen atoms in total. The van der Waals surface area contributed by atoms with Crippen LogP contribution in [0.1, 0.15) is 33.8 Å². The number of hydrogen-bond donors (Lipinski definition) is 1. The zero-order valence-corrected chi connectivity index (χ0v) is 12.2. The molecule has 1 aromatic carbocycles. The fourth-order valence-corrected chi connectivity index (χ4v) is 3.37. The number of thiophene rings is 1. The lowest BCUT2D eigenvalue weighted by Crippen LogP contribution is -2.23. The summed E-state index contributed by atoms with van der Waals surface area (Å²) >= 11 is 1.89. The fourth-order valence-electron chi connectivity index (χ4n) is 2.38. The molecule has 1 N–H and O–H groups in total. The minimum atomic E-state index is 0.433. The lowest BCUT2D eigenvalue weighted by molar-refractivity contribution is 0.549. The van der Waals surface area contributed by atoms with Gasteiger partial charge in [0.15, 0.2) is 0 Å². The summed E-state index contributed by atoms with van der Waals surface area (Å²) in [6.07, 6.45) is 1.06. The standard InChI is InChI=1S/C16H21NS/c1-4-17-16(11-14-8-6-5-7-9-14)15-10-12(2)18-13(15)3/h5-10,16-17H,4,11H2,1-3H3. The molecule has 0 saturated carbocycles. The maximum Gasteiger partial charge on any atom is 0.0371 e. The maximum atomic E-state index is 3.61. The molecule has 2 aromatic rings. The fraction of sp³-hybridized carbons (Fsp3) is 0.375. The molecule has 1 heterocycles. The van der Waals surface area contributed by atoms with Crippen LogP contribution in [0.2, 0.25) is 0 Å². The number of hydrogen-bond acceptors (Lipinski definition) is 2. The van der Waals surface area contributed by atoms with E-state index in [2.05, 4.69) is 62.5 Å². The van der Waals surface area contributed by atoms with Crippen molar-refractivity contribution in [1.82, 2.24) is 5.32 Å². The van der Waals surface area contributed by atoms with Crippen LogP contribution in [0.3, 0.4) is 0 Å². The quantitative estimate of drug-likeness (QED) is 0.846. The Labute approximate surface area is 114 Å². The monoisotopic (exact) mass is 259 g/mol. The van der Waals surface area contributed by atoms with Crippen molar-refractivity contribution in [3.05, 3.63) is 57.3 Å². The van der Waals surface area contributed by atoms with E-state index in [9.17, 15) is 0 Å². The van der Waals surface area contributed by atoms with Crippen molar-refractivity contribution in [3.8, 4) is 0 Å². The van der Waals surface area contributed by atoms with Crippen LogP contribution in [-0.2, 0) is 6.42 Å². The molecule has 0 amide bonds. The van der Waals surface area contributed by atoms with Crippen molar-refractivity contribution in [2.75, 3.05) is 6.54 Å². The SMILES string of the molecule is CCNC(Cc1ccccc1)c1cc(C)sc1C. The molecule has 1 unspecified atom stereocenters. The van der Waals surface area contributed by atoms with Crippen LogP contribution < -0.4 is 5.32 Å². The lowest BCUT2D eigenvalue weighted by atomic mass is 9.99. The minimum absolute atomic E-state index is 0.433. The molecule has 96 valence electrons. The first-order valence-corrected chi connectivity index (χ1v) is 7.36. The molecule has 2 heteroatoms. The van der Waals surface area contributed by atoms with Crippen LogP contribution in [0.4, 0.5) is 0 Å². The number of benzene rings is 1. The third-order valence-electron chi connectivity index (χ3n) is 3.19. The number of aryl methyl sites for hydroxylation is 2. The molecule has 0 radical (unpaired) electrons. The Kier molecular flexibility index (Phi) is 4.56. The van der Waals surface area contributed by atoms with E-state index in [-0.39, 0.29) is 0 Å². The van der Waals surface area contributed by atoms with E-state index < -0.39 is 0 Å². The van der Waals surface area contributed by atoms with Gasteiger partial charge in [-0.3, -0.25) is 0 Å². The third kappa shape index (κ3) is 3.21. The van der Waals surface area contributed by atoms with Crippen LogP contribution in [-0.4, -0.2) is 6.54 Å². The Bertz CT molecular complexity index is 487. The van der Waals surface area contributed by atoms with Crippen molar-refractivity contribution >= 4 is 11.3 Å². The van der Waals surface area contributed by atoms with Crippen molar-refractivity contribution < 1.29 is 0 Å². The van der Waals surface area contributed by atoms with Gasteiger partial charge in [0, 0.05) is 15.8 Å². The molecule has 1 atom stereocenters. The third-order valence-corrected chi connectivity index (χ3v) is 4.17. The van der Waals surface area contributed by atoms with Gasteiger partial charge in [-0.15, -0.1) is 11.3 Å². The summed E-state index contributed by atoms with van der Waals surface area (Å²) < 4.78 is 0. The van der Waals surface area contributed by atoms with Gasteiger partial charge >= 0.3 is 0 Å². The molecular weight excluding hydrogens is 238 g/mol. The highest BCUT2D eigenvalue weighted by Gasteiger charge is 2.15. The summed E-state index contributed by atoms with van der Waals surface area (Å²) in [4.78, 5) is 2.84. The van der Waals surface area contributed by atoms with Crippen LogP contribution in [0.25, 0.3) is 0 Å². The first-order chi connectivity index (χ1) is 8.70. The summed E-state index contributed by atoms with van der Waals surface area (Å²) in [5, 5.41) is 3.61. The average Bonchev–Trinajstić information content (AvgIpc) is 2.69. The molecule has 1 aromatic heterocycles. The van der Waals surface area contributed by atoms with Gasteiger partial charge in [0.1, 0.15) is 0 Å². The normalized spacial score (nSPS) is 12.6. The molecule has 18 heavy (non-hydrogen) atoms. The van der Waals surface area contributed by atoms with Gasteiger partial charge in [-0.05, 0) is 44.0 Å². The van der Waals surface area contributed by atoms with Crippen LogP contribution in [0, 0.1) is 13.8 Å². The first-order valence-electron chi connectivity index (χ1n) is 6.55. The zero-order valence-electron chi connectivity index (χ0n) is 11.4. The lowest BCUT2D eigenvalue weighted by Gasteiger charge is -2.18. The van der Waals surface area contributed by atoms with E-state index in [4.69, 9.17) is 0 Å². The van der Waals surface area contributed by atoms with Gasteiger partial charge in [0.25, 0.3) is 0 Å². The maximum absolute atomic E-state index is 3.61. The van der Waals surface area contributed by atoms with Crippen molar-refractivity contribution in [2.45, 2.75) is 33.2 Å². The van der Waals surface area contributed by atoms with Crippen molar-refractivity contribution in [1.29, 1.82) is 0 Å². The van der Waals surface area contributed by atoms with Crippen molar-refractivity contribution in [3.63, 3.8) is 0 Å². The van der Waals surface area contributed by atoms with E-state index >= 15 is 0 Å². The van der Waals surface area contributed by atoms with Gasteiger partial charge in [-0.25, -0.2) is 0 Å². The summed E-state index contributed by atoms with van der Waals surface area (Å²) in [7, 11) is 0. The second-order valence-corrected chi connectivity index (χ2v) is 6.13. The molecule has 0 fully saturated rings. The minimum Gasteiger partial charge on any atom is -0.310 e. The highest BCUT2D eigenvalue weighted by atomic mass is 32.1. The predicted octanol–water partition coefficient (Wildman–Crippen LogP) is 4.26. The Morgan fingerprint density at radius 2 is 1.89 bits per heavy atom. The zero-order chi connectivity index (χ0) is 13.0. The highest BCUT2D eigenvalue weighted by molar-refractivity contribution is 7.12. The van der Waals surface area contributed by atoms with Crippen molar-refractivity contribution in [2.24, 2.45) is 0 Å².